The molecule has 6 aliphatic carbocycles. The summed E-state index contributed by atoms with van der Waals surface area (Å²) in [6.07, 6.45) is 7.57. The van der Waals surface area contributed by atoms with Crippen molar-refractivity contribution in [2.45, 2.75) is 43.9 Å². The van der Waals surface area contributed by atoms with E-state index in [0.29, 0.717) is 0 Å². The lowest BCUT2D eigenvalue weighted by atomic mass is 9.60. The smallest absolute Gasteiger partial charge is 0.0361 e. The highest BCUT2D eigenvalue weighted by Crippen LogP contribution is 2.80. The Morgan fingerprint density at radius 3 is 1.43 bits per heavy atom. The molecule has 1 heteroatoms. The number of benzene rings is 5. The van der Waals surface area contributed by atoms with Crippen LogP contribution in [0.2, 0.25) is 0 Å². The Morgan fingerprint density at radius 2 is 0.929 bits per heavy atom. The van der Waals surface area contributed by atoms with E-state index < -0.39 is 0 Å². The molecule has 0 amide bonds. The van der Waals surface area contributed by atoms with Gasteiger partial charge in [0.05, 0.1) is 0 Å². The fourth-order valence-electron chi connectivity index (χ4n) is 13.8. The molecule has 0 aliphatic heterocycles. The zero-order valence-electron chi connectivity index (χ0n) is 24.9. The Labute approximate surface area is 249 Å². The highest BCUT2D eigenvalue weighted by molar-refractivity contribution is 6.23. The Morgan fingerprint density at radius 1 is 0.476 bits per heavy atom. The summed E-state index contributed by atoms with van der Waals surface area (Å²) in [4.78, 5) is 2.25. The number of hydrogen-bond donors (Lipinski definition) is 0. The summed E-state index contributed by atoms with van der Waals surface area (Å²) in [5.41, 5.74) is 4.70. The van der Waals surface area contributed by atoms with Crippen LogP contribution < -0.4 is 4.90 Å². The van der Waals surface area contributed by atoms with Gasteiger partial charge in [-0.25, -0.2) is 0 Å². The lowest BCUT2D eigenvalue weighted by Gasteiger charge is -2.45. The van der Waals surface area contributed by atoms with Gasteiger partial charge in [0, 0.05) is 19.8 Å². The van der Waals surface area contributed by atoms with E-state index in [2.05, 4.69) is 97.9 Å². The Balaban J connectivity index is 0.961. The Kier molecular flexibility index (Phi) is 4.40. The topological polar surface area (TPSA) is 3.24 Å². The summed E-state index contributed by atoms with van der Waals surface area (Å²) in [6, 6.07) is 31.4. The predicted octanol–water partition coefficient (Wildman–Crippen LogP) is 9.71. The summed E-state index contributed by atoms with van der Waals surface area (Å²) in [7, 11) is 4.33. The third kappa shape index (κ3) is 2.70. The maximum atomic E-state index is 2.64. The summed E-state index contributed by atoms with van der Waals surface area (Å²) >= 11 is 0. The second kappa shape index (κ2) is 7.90. The first-order valence-corrected chi connectivity index (χ1v) is 17.1. The molecule has 5 aromatic carbocycles. The number of anilines is 1. The first-order valence-electron chi connectivity index (χ1n) is 17.1. The molecule has 1 nitrogen and oxygen atoms in total. The highest BCUT2D eigenvalue weighted by atomic mass is 15.1. The molecule has 10 unspecified atom stereocenters. The molecular weight excluding hydrogens is 506 g/mol. The van der Waals surface area contributed by atoms with Crippen LogP contribution in [-0.2, 0) is 0 Å². The summed E-state index contributed by atoms with van der Waals surface area (Å²) in [5.74, 6) is 11.5. The Hall–Kier alpha value is -3.06. The van der Waals surface area contributed by atoms with Gasteiger partial charge in [0.2, 0.25) is 0 Å². The van der Waals surface area contributed by atoms with Gasteiger partial charge >= 0.3 is 0 Å². The van der Waals surface area contributed by atoms with E-state index >= 15 is 0 Å². The molecule has 0 radical (unpaired) electrons. The highest BCUT2D eigenvalue weighted by Gasteiger charge is 2.73. The van der Waals surface area contributed by atoms with Crippen LogP contribution >= 0.6 is 0 Å². The van der Waals surface area contributed by atoms with E-state index in [0.717, 1.165) is 71.0 Å². The maximum Gasteiger partial charge on any atom is 0.0361 e. The molecule has 0 spiro atoms. The average Bonchev–Trinajstić information content (AvgIpc) is 3.86. The van der Waals surface area contributed by atoms with E-state index in [9.17, 15) is 0 Å². The van der Waals surface area contributed by atoms with Gasteiger partial charge < -0.3 is 4.90 Å². The molecule has 0 N–H and O–H groups in total. The zero-order chi connectivity index (χ0) is 27.4. The van der Waals surface area contributed by atoms with Gasteiger partial charge in [-0.3, -0.25) is 0 Å². The van der Waals surface area contributed by atoms with Crippen molar-refractivity contribution in [3.63, 3.8) is 0 Å². The third-order valence-electron chi connectivity index (χ3n) is 14.6. The van der Waals surface area contributed by atoms with Gasteiger partial charge in [0.1, 0.15) is 0 Å². The van der Waals surface area contributed by atoms with E-state index in [1.54, 1.807) is 17.5 Å². The van der Waals surface area contributed by atoms with Crippen LogP contribution in [0.15, 0.2) is 78.9 Å². The van der Waals surface area contributed by atoms with Gasteiger partial charge in [-0.1, -0.05) is 66.7 Å². The minimum atomic E-state index is 0.804. The van der Waals surface area contributed by atoms with Gasteiger partial charge in [0.25, 0.3) is 0 Å². The lowest BCUT2D eigenvalue weighted by Crippen LogP contribution is -2.40. The largest absolute Gasteiger partial charge is 0.378 e. The van der Waals surface area contributed by atoms with Crippen LogP contribution in [0.25, 0.3) is 32.3 Å². The normalized spacial score (nSPS) is 40.6. The van der Waals surface area contributed by atoms with E-state index in [-0.39, 0.29) is 0 Å². The van der Waals surface area contributed by atoms with Crippen LogP contribution in [0.5, 0.6) is 0 Å². The lowest BCUT2D eigenvalue weighted by molar-refractivity contribution is 0.0263. The Bertz CT molecular complexity index is 1780. The predicted molar refractivity (Wildman–Crippen MR) is 174 cm³/mol. The second-order valence-corrected chi connectivity index (χ2v) is 15.8. The molecule has 6 aliphatic rings. The quantitative estimate of drug-likeness (QED) is 0.160. The SMILES string of the molecule is CN(C)c1ccc(C2C3CCC2C2C4CC(C32)C2C3CCC(C3c3cc5ccc6cccc7ccc(c3)c5c67)C42)cc1. The van der Waals surface area contributed by atoms with Crippen molar-refractivity contribution in [3.8, 4) is 0 Å². The van der Waals surface area contributed by atoms with E-state index in [4.69, 9.17) is 0 Å². The van der Waals surface area contributed by atoms with Gasteiger partial charge in [-0.05, 0) is 159 Å². The van der Waals surface area contributed by atoms with Crippen LogP contribution in [0.1, 0.15) is 55.1 Å². The first kappa shape index (κ1) is 23.4. The molecule has 11 rings (SSSR count). The first-order chi connectivity index (χ1) is 20.7. The number of rotatable bonds is 3. The summed E-state index contributed by atoms with van der Waals surface area (Å²) in [6.45, 7) is 0. The molecule has 0 aromatic heterocycles. The molecule has 6 saturated carbocycles. The van der Waals surface area contributed by atoms with Crippen molar-refractivity contribution in [2.24, 2.45) is 59.2 Å². The van der Waals surface area contributed by atoms with Gasteiger partial charge in [-0.2, -0.15) is 0 Å². The molecule has 6 fully saturated rings. The van der Waals surface area contributed by atoms with Crippen molar-refractivity contribution in [1.29, 1.82) is 0 Å². The monoisotopic (exact) mass is 547 g/mol. The molecule has 10 atom stereocenters. The molecule has 42 heavy (non-hydrogen) atoms. The fourth-order valence-corrected chi connectivity index (χ4v) is 13.8. The molecular formula is C41H41N. The maximum absolute atomic E-state index is 2.64. The van der Waals surface area contributed by atoms with Crippen molar-refractivity contribution in [1.82, 2.24) is 0 Å². The van der Waals surface area contributed by atoms with Crippen LogP contribution in [0, 0.1) is 59.2 Å². The fraction of sp³-hybridized carbons (Fsp3) is 0.463. The molecule has 0 saturated heterocycles. The number of hydrogen-bond acceptors (Lipinski definition) is 1. The van der Waals surface area contributed by atoms with E-state index in [1.165, 1.54) is 63.7 Å². The molecule has 6 bridgehead atoms. The van der Waals surface area contributed by atoms with Gasteiger partial charge in [-0.15, -0.1) is 0 Å². The van der Waals surface area contributed by atoms with Crippen molar-refractivity contribution in [2.75, 3.05) is 19.0 Å². The van der Waals surface area contributed by atoms with Crippen molar-refractivity contribution in [3.05, 3.63) is 90.0 Å². The molecule has 0 heterocycles. The van der Waals surface area contributed by atoms with Crippen molar-refractivity contribution < 1.29 is 0 Å². The van der Waals surface area contributed by atoms with Gasteiger partial charge in [0.15, 0.2) is 0 Å². The second-order valence-electron chi connectivity index (χ2n) is 15.8. The third-order valence-corrected chi connectivity index (χ3v) is 14.6. The van der Waals surface area contributed by atoms with Crippen LogP contribution in [0.4, 0.5) is 5.69 Å². The van der Waals surface area contributed by atoms with E-state index in [1.807, 2.05) is 0 Å². The van der Waals surface area contributed by atoms with Crippen molar-refractivity contribution >= 4 is 38.0 Å². The number of fused-ring (bicyclic) bond motifs is 16. The average molecular weight is 548 g/mol. The van der Waals surface area contributed by atoms with Crippen LogP contribution in [-0.4, -0.2) is 14.1 Å². The zero-order valence-corrected chi connectivity index (χ0v) is 24.9. The summed E-state index contributed by atoms with van der Waals surface area (Å²) < 4.78 is 0. The standard InChI is InChI=1S/C41H41N/c1-42(2)27-12-10-23(11-13-27)36-28-14-15-29(36)39-33-20-32(38(28)39)40-30-16-17-31(41(33)40)37(30)26-18-24-8-6-21-4-3-5-22-7-9-25(19-26)35(24)34(21)22/h3-13,18-19,28-33,36-41H,14-17,20H2,1-2H3. The minimum absolute atomic E-state index is 0.804. The minimum Gasteiger partial charge on any atom is -0.378 e. The van der Waals surface area contributed by atoms with Crippen LogP contribution in [0.3, 0.4) is 0 Å². The number of nitrogens with zero attached hydrogens (tertiary/aromatic N) is 1. The molecule has 5 aromatic rings. The summed E-state index contributed by atoms with van der Waals surface area (Å²) in [5, 5.41) is 8.69. The molecule has 210 valence electrons.